The van der Waals surface area contributed by atoms with Gasteiger partial charge in [-0.1, -0.05) is 13.3 Å². The van der Waals surface area contributed by atoms with Crippen molar-refractivity contribution in [1.29, 1.82) is 0 Å². The molecule has 0 spiro atoms. The fourth-order valence-electron chi connectivity index (χ4n) is 1.09. The molecule has 0 aliphatic heterocycles. The van der Waals surface area contributed by atoms with Crippen LogP contribution in [-0.4, -0.2) is 63.5 Å². The molecule has 0 aliphatic carbocycles. The first kappa shape index (κ1) is 15.8. The van der Waals surface area contributed by atoms with Gasteiger partial charge in [-0.25, -0.2) is 0 Å². The van der Waals surface area contributed by atoms with E-state index in [4.69, 9.17) is 14.2 Å². The van der Waals surface area contributed by atoms with Crippen LogP contribution in [0.25, 0.3) is 0 Å². The summed E-state index contributed by atoms with van der Waals surface area (Å²) in [5.41, 5.74) is 0. The van der Waals surface area contributed by atoms with Crippen molar-refractivity contribution in [1.82, 2.24) is 5.06 Å². The highest BCUT2D eigenvalue weighted by atomic mass is 16.5. The van der Waals surface area contributed by atoms with Crippen molar-refractivity contribution in [2.75, 3.05) is 53.2 Å². The van der Waals surface area contributed by atoms with E-state index in [0.29, 0.717) is 46.1 Å². The van der Waals surface area contributed by atoms with Gasteiger partial charge in [-0.2, -0.15) is 5.06 Å². The van der Waals surface area contributed by atoms with Gasteiger partial charge >= 0.3 is 0 Å². The molecular weight excluding hydrogens is 210 g/mol. The summed E-state index contributed by atoms with van der Waals surface area (Å²) in [5.74, 6) is 0. The monoisotopic (exact) mass is 235 g/mol. The lowest BCUT2D eigenvalue weighted by molar-refractivity contribution is -0.106. The molecule has 1 N–H and O–H groups in total. The lowest BCUT2D eigenvalue weighted by Gasteiger charge is -2.13. The van der Waals surface area contributed by atoms with Gasteiger partial charge in [0.15, 0.2) is 0 Å². The van der Waals surface area contributed by atoms with Crippen molar-refractivity contribution in [3.63, 3.8) is 0 Å². The van der Waals surface area contributed by atoms with Crippen LogP contribution in [-0.2, 0) is 14.2 Å². The highest BCUT2D eigenvalue weighted by Crippen LogP contribution is 1.91. The fourth-order valence-corrected chi connectivity index (χ4v) is 1.09. The topological polar surface area (TPSA) is 51.2 Å². The molecule has 98 valence electrons. The van der Waals surface area contributed by atoms with E-state index in [0.717, 1.165) is 12.8 Å². The van der Waals surface area contributed by atoms with Crippen LogP contribution in [0, 0.1) is 0 Å². The zero-order valence-corrected chi connectivity index (χ0v) is 10.5. The molecule has 0 fully saturated rings. The van der Waals surface area contributed by atoms with E-state index in [-0.39, 0.29) is 0 Å². The smallest absolute Gasteiger partial charge is 0.0701 e. The van der Waals surface area contributed by atoms with Crippen molar-refractivity contribution >= 4 is 0 Å². The van der Waals surface area contributed by atoms with Gasteiger partial charge in [-0.05, 0) is 6.42 Å². The first-order valence-corrected chi connectivity index (χ1v) is 5.89. The van der Waals surface area contributed by atoms with Gasteiger partial charge < -0.3 is 19.4 Å². The highest BCUT2D eigenvalue weighted by Gasteiger charge is 1.98. The molecule has 0 bridgehead atoms. The summed E-state index contributed by atoms with van der Waals surface area (Å²) in [4.78, 5) is 0. The van der Waals surface area contributed by atoms with E-state index in [2.05, 4.69) is 6.92 Å². The van der Waals surface area contributed by atoms with Gasteiger partial charge in [0.25, 0.3) is 0 Å². The third kappa shape index (κ3) is 11.9. The Hall–Kier alpha value is -0.200. The molecule has 0 aromatic carbocycles. The molecule has 0 radical (unpaired) electrons. The Morgan fingerprint density at radius 1 is 0.938 bits per heavy atom. The maximum atomic E-state index is 9.36. The number of methoxy groups -OCH3 is 1. The number of hydroxylamine groups is 2. The van der Waals surface area contributed by atoms with Crippen LogP contribution in [0.3, 0.4) is 0 Å². The maximum absolute atomic E-state index is 9.36. The van der Waals surface area contributed by atoms with Crippen LogP contribution in [0.1, 0.15) is 19.8 Å². The van der Waals surface area contributed by atoms with Crippen LogP contribution in [0.15, 0.2) is 0 Å². The Kier molecular flexibility index (Phi) is 12.7. The predicted octanol–water partition coefficient (Wildman–Crippen LogP) is 1.16. The zero-order valence-electron chi connectivity index (χ0n) is 10.5. The number of ether oxygens (including phenoxy) is 3. The first-order valence-electron chi connectivity index (χ1n) is 5.89. The number of hydrogen-bond donors (Lipinski definition) is 1. The molecule has 0 unspecified atom stereocenters. The summed E-state index contributed by atoms with van der Waals surface area (Å²) >= 11 is 0. The summed E-state index contributed by atoms with van der Waals surface area (Å²) in [5, 5.41) is 10.7. The summed E-state index contributed by atoms with van der Waals surface area (Å²) in [6.45, 7) is 6.25. The van der Waals surface area contributed by atoms with Crippen molar-refractivity contribution in [2.24, 2.45) is 0 Å². The second-order valence-corrected chi connectivity index (χ2v) is 3.52. The van der Waals surface area contributed by atoms with Crippen molar-refractivity contribution in [2.45, 2.75) is 19.8 Å². The zero-order chi connectivity index (χ0) is 12.1. The maximum Gasteiger partial charge on any atom is 0.0701 e. The van der Waals surface area contributed by atoms with Crippen molar-refractivity contribution in [3.05, 3.63) is 0 Å². The van der Waals surface area contributed by atoms with E-state index in [1.54, 1.807) is 7.11 Å². The second-order valence-electron chi connectivity index (χ2n) is 3.52. The molecule has 0 aromatic rings. The van der Waals surface area contributed by atoms with Gasteiger partial charge in [0.05, 0.1) is 33.0 Å². The van der Waals surface area contributed by atoms with E-state index < -0.39 is 0 Å². The first-order chi connectivity index (χ1) is 7.81. The molecule has 5 heteroatoms. The SMILES string of the molecule is CCCCN(O)CCOCCOCCOC. The van der Waals surface area contributed by atoms with E-state index in [1.807, 2.05) is 0 Å². The fraction of sp³-hybridized carbons (Fsp3) is 1.00. The molecule has 0 atom stereocenters. The van der Waals surface area contributed by atoms with E-state index in [9.17, 15) is 5.21 Å². The Labute approximate surface area is 98.2 Å². The summed E-state index contributed by atoms with van der Waals surface area (Å²) in [6.07, 6.45) is 2.10. The van der Waals surface area contributed by atoms with E-state index in [1.165, 1.54) is 5.06 Å². The van der Waals surface area contributed by atoms with Crippen molar-refractivity contribution in [3.8, 4) is 0 Å². The summed E-state index contributed by atoms with van der Waals surface area (Å²) in [7, 11) is 1.64. The number of rotatable bonds is 12. The molecule has 0 aliphatic rings. The largest absolute Gasteiger partial charge is 0.382 e. The molecule has 0 saturated carbocycles. The highest BCUT2D eigenvalue weighted by molar-refractivity contribution is 4.44. The van der Waals surface area contributed by atoms with E-state index >= 15 is 0 Å². The number of nitrogens with zero attached hydrogens (tertiary/aromatic N) is 1. The summed E-state index contributed by atoms with van der Waals surface area (Å²) < 4.78 is 15.3. The minimum Gasteiger partial charge on any atom is -0.382 e. The van der Waals surface area contributed by atoms with Crippen LogP contribution in [0.4, 0.5) is 0 Å². The second kappa shape index (κ2) is 12.9. The average Bonchev–Trinajstić information content (AvgIpc) is 2.30. The molecular formula is C11H25NO4. The van der Waals surface area contributed by atoms with Gasteiger partial charge in [0.1, 0.15) is 0 Å². The third-order valence-corrected chi connectivity index (χ3v) is 2.07. The summed E-state index contributed by atoms with van der Waals surface area (Å²) in [6, 6.07) is 0. The Morgan fingerprint density at radius 2 is 1.56 bits per heavy atom. The molecule has 0 rings (SSSR count). The molecule has 0 amide bonds. The number of hydrogen-bond acceptors (Lipinski definition) is 5. The molecule has 0 saturated heterocycles. The molecule has 0 aromatic heterocycles. The molecule has 5 nitrogen and oxygen atoms in total. The van der Waals surface area contributed by atoms with Crippen LogP contribution in [0.2, 0.25) is 0 Å². The van der Waals surface area contributed by atoms with Gasteiger partial charge in [-0.3, -0.25) is 0 Å². The van der Waals surface area contributed by atoms with Crippen molar-refractivity contribution < 1.29 is 19.4 Å². The van der Waals surface area contributed by atoms with Gasteiger partial charge in [0.2, 0.25) is 0 Å². The van der Waals surface area contributed by atoms with Crippen LogP contribution in [0.5, 0.6) is 0 Å². The standard InChI is InChI=1S/C11H25NO4/c1-3-4-5-12(13)6-7-15-10-11-16-9-8-14-2/h13H,3-11H2,1-2H3. The Bertz CT molecular complexity index is 135. The average molecular weight is 235 g/mol. The lowest BCUT2D eigenvalue weighted by atomic mass is 10.3. The van der Waals surface area contributed by atoms with Crippen LogP contribution < -0.4 is 0 Å². The predicted molar refractivity (Wildman–Crippen MR) is 61.8 cm³/mol. The minimum atomic E-state index is 0.536. The Balaban J connectivity index is 3.02. The lowest BCUT2D eigenvalue weighted by Crippen LogP contribution is -2.25. The minimum absolute atomic E-state index is 0.536. The molecule has 16 heavy (non-hydrogen) atoms. The van der Waals surface area contributed by atoms with Crippen LogP contribution >= 0.6 is 0 Å². The number of unbranched alkanes of at least 4 members (excludes halogenated alkanes) is 1. The molecule has 0 heterocycles. The normalized spacial score (nSPS) is 11.2. The van der Waals surface area contributed by atoms with Gasteiger partial charge in [0, 0.05) is 20.2 Å². The Morgan fingerprint density at radius 3 is 2.19 bits per heavy atom. The quantitative estimate of drug-likeness (QED) is 0.406. The third-order valence-electron chi connectivity index (χ3n) is 2.07. The van der Waals surface area contributed by atoms with Gasteiger partial charge in [-0.15, -0.1) is 0 Å².